The van der Waals surface area contributed by atoms with Gasteiger partial charge in [-0.05, 0) is 42.6 Å². The predicted molar refractivity (Wildman–Crippen MR) is 73.7 cm³/mol. The fraction of sp³-hybridized carbons (Fsp3) is 0.529. The van der Waals surface area contributed by atoms with Crippen LogP contribution in [0, 0.1) is 11.3 Å². The third-order valence-corrected chi connectivity index (χ3v) is 5.04. The summed E-state index contributed by atoms with van der Waals surface area (Å²) in [7, 11) is 0. The molecule has 90 valence electrons. The van der Waals surface area contributed by atoms with Gasteiger partial charge < -0.3 is 0 Å². The molecule has 2 fully saturated rings. The Morgan fingerprint density at radius 3 is 2.76 bits per heavy atom. The number of fused-ring (bicyclic) bond motifs is 1. The highest BCUT2D eigenvalue weighted by atomic mass is 14.5. The molecule has 0 aliphatic heterocycles. The summed E-state index contributed by atoms with van der Waals surface area (Å²) in [5.41, 5.74) is 3.62. The molecule has 2 aliphatic rings. The average molecular weight is 226 g/mol. The minimum Gasteiger partial charge on any atom is -0.0634 e. The molecule has 0 saturated heterocycles. The van der Waals surface area contributed by atoms with E-state index in [0.29, 0.717) is 5.41 Å². The zero-order valence-electron chi connectivity index (χ0n) is 10.8. The SMILES string of the molecule is CC12CCCCC1CC/C2=C\c1ccccc1. The summed E-state index contributed by atoms with van der Waals surface area (Å²) < 4.78 is 0. The molecule has 2 saturated carbocycles. The van der Waals surface area contributed by atoms with Gasteiger partial charge in [-0.25, -0.2) is 0 Å². The van der Waals surface area contributed by atoms with E-state index < -0.39 is 0 Å². The predicted octanol–water partition coefficient (Wildman–Crippen LogP) is 5.06. The first-order chi connectivity index (χ1) is 8.29. The van der Waals surface area contributed by atoms with Crippen molar-refractivity contribution in [2.24, 2.45) is 11.3 Å². The minimum atomic E-state index is 0.522. The second-order valence-corrected chi connectivity index (χ2v) is 5.98. The van der Waals surface area contributed by atoms with E-state index >= 15 is 0 Å². The highest BCUT2D eigenvalue weighted by Gasteiger charge is 2.43. The van der Waals surface area contributed by atoms with Gasteiger partial charge in [0.25, 0.3) is 0 Å². The Hall–Kier alpha value is -1.04. The van der Waals surface area contributed by atoms with Gasteiger partial charge in [0, 0.05) is 0 Å². The number of benzene rings is 1. The molecule has 1 aromatic carbocycles. The fourth-order valence-electron chi connectivity index (χ4n) is 3.89. The van der Waals surface area contributed by atoms with E-state index in [0.717, 1.165) is 5.92 Å². The Kier molecular flexibility index (Phi) is 2.82. The van der Waals surface area contributed by atoms with Gasteiger partial charge in [0.15, 0.2) is 0 Å². The highest BCUT2D eigenvalue weighted by molar-refractivity contribution is 5.55. The fourth-order valence-corrected chi connectivity index (χ4v) is 3.89. The van der Waals surface area contributed by atoms with Crippen molar-refractivity contribution in [1.82, 2.24) is 0 Å². The van der Waals surface area contributed by atoms with Gasteiger partial charge in [0.05, 0.1) is 0 Å². The Labute approximate surface area is 105 Å². The summed E-state index contributed by atoms with van der Waals surface area (Å²) in [6, 6.07) is 10.8. The molecule has 2 atom stereocenters. The van der Waals surface area contributed by atoms with Gasteiger partial charge in [-0.1, -0.05) is 61.7 Å². The van der Waals surface area contributed by atoms with Crippen molar-refractivity contribution in [3.05, 3.63) is 41.5 Å². The van der Waals surface area contributed by atoms with Crippen LogP contribution in [0.15, 0.2) is 35.9 Å². The topological polar surface area (TPSA) is 0 Å². The van der Waals surface area contributed by atoms with Crippen LogP contribution in [0.4, 0.5) is 0 Å². The lowest BCUT2D eigenvalue weighted by Gasteiger charge is -2.37. The van der Waals surface area contributed by atoms with Crippen molar-refractivity contribution in [2.75, 3.05) is 0 Å². The van der Waals surface area contributed by atoms with Gasteiger partial charge in [-0.15, -0.1) is 0 Å². The molecule has 0 aromatic heterocycles. The van der Waals surface area contributed by atoms with E-state index in [4.69, 9.17) is 0 Å². The van der Waals surface area contributed by atoms with E-state index in [1.54, 1.807) is 5.57 Å². The van der Waals surface area contributed by atoms with Crippen LogP contribution in [0.2, 0.25) is 0 Å². The molecule has 17 heavy (non-hydrogen) atoms. The molecule has 0 nitrogen and oxygen atoms in total. The first-order valence-corrected chi connectivity index (χ1v) is 7.05. The summed E-state index contributed by atoms with van der Waals surface area (Å²) in [5, 5.41) is 0. The Morgan fingerprint density at radius 2 is 1.94 bits per heavy atom. The molecule has 0 heterocycles. The Morgan fingerprint density at radius 1 is 1.12 bits per heavy atom. The van der Waals surface area contributed by atoms with Crippen molar-refractivity contribution in [2.45, 2.75) is 45.4 Å². The van der Waals surface area contributed by atoms with Crippen molar-refractivity contribution >= 4 is 6.08 Å². The molecule has 2 unspecified atom stereocenters. The van der Waals surface area contributed by atoms with Crippen molar-refractivity contribution in [3.63, 3.8) is 0 Å². The highest BCUT2D eigenvalue weighted by Crippen LogP contribution is 2.55. The molecular weight excluding hydrogens is 204 g/mol. The second kappa shape index (κ2) is 4.33. The maximum atomic E-state index is 2.51. The molecular formula is C17H22. The van der Waals surface area contributed by atoms with Gasteiger partial charge in [0.1, 0.15) is 0 Å². The van der Waals surface area contributed by atoms with Crippen LogP contribution in [-0.4, -0.2) is 0 Å². The van der Waals surface area contributed by atoms with E-state index in [1.165, 1.54) is 44.1 Å². The standard InChI is InChI=1S/C17H22/c1-17-12-6-5-9-15(17)10-11-16(17)13-14-7-3-2-4-8-14/h2-4,7-8,13,15H,5-6,9-12H2,1H3/b16-13+. The third-order valence-electron chi connectivity index (χ3n) is 5.04. The summed E-state index contributed by atoms with van der Waals surface area (Å²) in [4.78, 5) is 0. The normalized spacial score (nSPS) is 34.9. The first kappa shape index (κ1) is 11.1. The summed E-state index contributed by atoms with van der Waals surface area (Å²) >= 11 is 0. The van der Waals surface area contributed by atoms with Crippen LogP contribution in [-0.2, 0) is 0 Å². The number of hydrogen-bond acceptors (Lipinski definition) is 0. The largest absolute Gasteiger partial charge is 0.0634 e. The minimum absolute atomic E-state index is 0.522. The van der Waals surface area contributed by atoms with E-state index in [1.807, 2.05) is 0 Å². The zero-order valence-corrected chi connectivity index (χ0v) is 10.8. The first-order valence-electron chi connectivity index (χ1n) is 7.05. The second-order valence-electron chi connectivity index (χ2n) is 5.98. The van der Waals surface area contributed by atoms with Crippen molar-refractivity contribution < 1.29 is 0 Å². The molecule has 1 aromatic rings. The molecule has 3 rings (SSSR count). The lowest BCUT2D eigenvalue weighted by Crippen LogP contribution is -2.26. The molecule has 2 aliphatic carbocycles. The van der Waals surface area contributed by atoms with Crippen LogP contribution in [0.5, 0.6) is 0 Å². The van der Waals surface area contributed by atoms with E-state index in [-0.39, 0.29) is 0 Å². The summed E-state index contributed by atoms with van der Waals surface area (Å²) in [6.45, 7) is 2.51. The molecule has 0 radical (unpaired) electrons. The van der Waals surface area contributed by atoms with Gasteiger partial charge in [0.2, 0.25) is 0 Å². The van der Waals surface area contributed by atoms with Crippen LogP contribution in [0.3, 0.4) is 0 Å². The maximum absolute atomic E-state index is 2.51. The summed E-state index contributed by atoms with van der Waals surface area (Å²) in [6.07, 6.45) is 11.0. The Bertz CT molecular complexity index is 415. The van der Waals surface area contributed by atoms with Gasteiger partial charge in [-0.2, -0.15) is 0 Å². The number of rotatable bonds is 1. The maximum Gasteiger partial charge on any atom is -0.00847 e. The van der Waals surface area contributed by atoms with Gasteiger partial charge >= 0.3 is 0 Å². The number of allylic oxidation sites excluding steroid dienone is 1. The molecule has 0 bridgehead atoms. The molecule has 0 N–H and O–H groups in total. The summed E-state index contributed by atoms with van der Waals surface area (Å²) in [5.74, 6) is 0.964. The van der Waals surface area contributed by atoms with Crippen LogP contribution in [0.25, 0.3) is 6.08 Å². The molecule has 0 spiro atoms. The Balaban J connectivity index is 1.91. The zero-order chi connectivity index (χ0) is 11.7. The lowest BCUT2D eigenvalue weighted by molar-refractivity contribution is 0.189. The quantitative estimate of drug-likeness (QED) is 0.628. The van der Waals surface area contributed by atoms with E-state index in [2.05, 4.69) is 43.3 Å². The molecule has 0 amide bonds. The smallest absolute Gasteiger partial charge is 0.00847 e. The van der Waals surface area contributed by atoms with Crippen molar-refractivity contribution in [3.8, 4) is 0 Å². The van der Waals surface area contributed by atoms with Crippen molar-refractivity contribution in [1.29, 1.82) is 0 Å². The van der Waals surface area contributed by atoms with Crippen LogP contribution >= 0.6 is 0 Å². The third kappa shape index (κ3) is 1.94. The van der Waals surface area contributed by atoms with Crippen LogP contribution in [0.1, 0.15) is 51.0 Å². The monoisotopic (exact) mass is 226 g/mol. The average Bonchev–Trinajstić information content (AvgIpc) is 2.68. The van der Waals surface area contributed by atoms with E-state index in [9.17, 15) is 0 Å². The van der Waals surface area contributed by atoms with Crippen LogP contribution < -0.4 is 0 Å². The van der Waals surface area contributed by atoms with Gasteiger partial charge in [-0.3, -0.25) is 0 Å². The lowest BCUT2D eigenvalue weighted by atomic mass is 9.67. The molecule has 0 heteroatoms. The number of hydrogen-bond donors (Lipinski definition) is 0.